The summed E-state index contributed by atoms with van der Waals surface area (Å²) in [6.07, 6.45) is 9.85. The van der Waals surface area contributed by atoms with E-state index in [2.05, 4.69) is 34.6 Å². The third-order valence-electron chi connectivity index (χ3n) is 12.5. The van der Waals surface area contributed by atoms with Crippen LogP contribution in [0.5, 0.6) is 0 Å². The Kier molecular flexibility index (Phi) is 7.23. The number of ketones is 1. The molecule has 4 aliphatic carbocycles. The first-order valence-electron chi connectivity index (χ1n) is 14.5. The Balaban J connectivity index is 1.82. The molecular formula is C31H50O5. The molecule has 36 heavy (non-hydrogen) atoms. The van der Waals surface area contributed by atoms with E-state index in [1.165, 1.54) is 52.4 Å². The summed E-state index contributed by atoms with van der Waals surface area (Å²) < 4.78 is 11.8. The van der Waals surface area contributed by atoms with Gasteiger partial charge in [0.15, 0.2) is 0 Å². The number of esters is 2. The van der Waals surface area contributed by atoms with Gasteiger partial charge in [-0.2, -0.15) is 0 Å². The molecule has 0 radical (unpaired) electrons. The Hall–Kier alpha value is -1.39. The van der Waals surface area contributed by atoms with E-state index < -0.39 is 5.41 Å². The van der Waals surface area contributed by atoms with Crippen LogP contribution in [0, 0.1) is 51.2 Å². The molecule has 0 aromatic heterocycles. The van der Waals surface area contributed by atoms with Crippen LogP contribution in [0.2, 0.25) is 0 Å². The molecule has 0 bridgehead atoms. The fourth-order valence-corrected chi connectivity index (χ4v) is 10.8. The molecule has 5 nitrogen and oxygen atoms in total. The van der Waals surface area contributed by atoms with Gasteiger partial charge in [-0.05, 0) is 85.9 Å². The Morgan fingerprint density at radius 1 is 0.806 bits per heavy atom. The van der Waals surface area contributed by atoms with E-state index in [0.717, 1.165) is 19.3 Å². The number of Topliss-reactive ketones (excluding diaryl/α,β-unsaturated/α-hetero) is 1. The quantitative estimate of drug-likeness (QED) is 0.388. The van der Waals surface area contributed by atoms with Crippen LogP contribution >= 0.6 is 0 Å². The molecule has 0 heterocycles. The van der Waals surface area contributed by atoms with E-state index >= 15 is 0 Å². The zero-order chi connectivity index (χ0) is 26.7. The second-order valence-electron chi connectivity index (χ2n) is 14.0. The van der Waals surface area contributed by atoms with Gasteiger partial charge in [0.05, 0.1) is 6.61 Å². The highest BCUT2D eigenvalue weighted by Gasteiger charge is 2.70. The first-order valence-corrected chi connectivity index (χ1v) is 14.5. The highest BCUT2D eigenvalue weighted by atomic mass is 16.5. The summed E-state index contributed by atoms with van der Waals surface area (Å²) in [5.74, 6) is 0.751. The molecule has 0 amide bonds. The first-order chi connectivity index (χ1) is 16.7. The van der Waals surface area contributed by atoms with Crippen molar-refractivity contribution in [3.63, 3.8) is 0 Å². The topological polar surface area (TPSA) is 69.7 Å². The average molecular weight is 503 g/mol. The molecule has 10 atom stereocenters. The molecule has 0 aliphatic heterocycles. The molecule has 0 N–H and O–H groups in total. The van der Waals surface area contributed by atoms with Crippen LogP contribution in [0.1, 0.15) is 113 Å². The van der Waals surface area contributed by atoms with Crippen molar-refractivity contribution in [3.8, 4) is 0 Å². The van der Waals surface area contributed by atoms with Gasteiger partial charge in [0, 0.05) is 31.1 Å². The maximum Gasteiger partial charge on any atom is 0.302 e. The lowest BCUT2D eigenvalue weighted by atomic mass is 9.33. The number of hydrogen-bond acceptors (Lipinski definition) is 5. The number of rotatable bonds is 5. The standard InChI is InChI=1S/C31H50O5/c1-9-28(5)14-10-15-29(6)24(28)13-16-30(7)25-12-11-22(19(2)32)23(18-35-20(3)33)31(25,8)27(17-26(29)30)36-21(4)34/h22-27H,9-18H2,1-8H3/t22-,23-,24-,25-,26+,27-,28-,29-,30-,31+/m0/s1. The highest BCUT2D eigenvalue weighted by Crippen LogP contribution is 2.74. The van der Waals surface area contributed by atoms with Gasteiger partial charge in [0.1, 0.15) is 11.9 Å². The van der Waals surface area contributed by atoms with Crippen molar-refractivity contribution in [3.05, 3.63) is 0 Å². The molecule has 0 saturated heterocycles. The zero-order valence-electron chi connectivity index (χ0n) is 24.1. The lowest BCUT2D eigenvalue weighted by Crippen LogP contribution is -2.68. The predicted octanol–water partition coefficient (Wildman–Crippen LogP) is 6.76. The highest BCUT2D eigenvalue weighted by molar-refractivity contribution is 5.79. The van der Waals surface area contributed by atoms with Gasteiger partial charge < -0.3 is 9.47 Å². The van der Waals surface area contributed by atoms with Crippen molar-refractivity contribution < 1.29 is 23.9 Å². The third kappa shape index (κ3) is 4.06. The second-order valence-corrected chi connectivity index (χ2v) is 14.0. The van der Waals surface area contributed by atoms with Crippen LogP contribution in [-0.4, -0.2) is 30.4 Å². The summed E-state index contributed by atoms with van der Waals surface area (Å²) in [6, 6.07) is 0. The molecule has 0 spiro atoms. The maximum absolute atomic E-state index is 12.9. The largest absolute Gasteiger partial charge is 0.466 e. The van der Waals surface area contributed by atoms with Crippen molar-refractivity contribution in [2.45, 2.75) is 119 Å². The van der Waals surface area contributed by atoms with Crippen molar-refractivity contribution >= 4 is 17.7 Å². The Labute approximate surface area is 218 Å². The van der Waals surface area contributed by atoms with Crippen molar-refractivity contribution in [2.24, 2.45) is 51.2 Å². The van der Waals surface area contributed by atoms with Gasteiger partial charge in [0.25, 0.3) is 0 Å². The Morgan fingerprint density at radius 3 is 2.06 bits per heavy atom. The van der Waals surface area contributed by atoms with E-state index in [-0.39, 0.29) is 53.1 Å². The molecule has 0 aromatic carbocycles. The lowest BCUT2D eigenvalue weighted by Gasteiger charge is -2.71. The van der Waals surface area contributed by atoms with Crippen LogP contribution < -0.4 is 0 Å². The Bertz CT molecular complexity index is 897. The van der Waals surface area contributed by atoms with Gasteiger partial charge in [-0.25, -0.2) is 0 Å². The maximum atomic E-state index is 12.9. The molecule has 204 valence electrons. The van der Waals surface area contributed by atoms with E-state index in [1.54, 1.807) is 6.92 Å². The van der Waals surface area contributed by atoms with Crippen molar-refractivity contribution in [1.82, 2.24) is 0 Å². The number of hydrogen-bond donors (Lipinski definition) is 0. The summed E-state index contributed by atoms with van der Waals surface area (Å²) in [6.45, 7) is 17.0. The van der Waals surface area contributed by atoms with Crippen molar-refractivity contribution in [1.29, 1.82) is 0 Å². The van der Waals surface area contributed by atoms with Gasteiger partial charge in [-0.1, -0.05) is 47.5 Å². The fourth-order valence-electron chi connectivity index (χ4n) is 10.8. The lowest BCUT2D eigenvalue weighted by molar-refractivity contribution is -0.260. The van der Waals surface area contributed by atoms with E-state index in [4.69, 9.17) is 9.47 Å². The van der Waals surface area contributed by atoms with E-state index in [9.17, 15) is 14.4 Å². The minimum Gasteiger partial charge on any atom is -0.466 e. The second kappa shape index (κ2) is 9.42. The predicted molar refractivity (Wildman–Crippen MR) is 140 cm³/mol. The van der Waals surface area contributed by atoms with Gasteiger partial charge in [0.2, 0.25) is 0 Å². The molecule has 0 unspecified atom stereocenters. The minimum atomic E-state index is -0.410. The zero-order valence-corrected chi connectivity index (χ0v) is 24.1. The molecule has 4 saturated carbocycles. The smallest absolute Gasteiger partial charge is 0.302 e. The van der Waals surface area contributed by atoms with Crippen molar-refractivity contribution in [2.75, 3.05) is 6.61 Å². The van der Waals surface area contributed by atoms with E-state index in [1.807, 2.05) is 0 Å². The van der Waals surface area contributed by atoms with E-state index in [0.29, 0.717) is 23.2 Å². The molecule has 5 heteroatoms. The molecule has 4 rings (SSSR count). The summed E-state index contributed by atoms with van der Waals surface area (Å²) >= 11 is 0. The number of carbonyl (C=O) groups excluding carboxylic acids is 3. The molecule has 4 aliphatic rings. The number of carbonyl (C=O) groups is 3. The van der Waals surface area contributed by atoms with Crippen LogP contribution in [0.15, 0.2) is 0 Å². The number of fused-ring (bicyclic) bond motifs is 5. The van der Waals surface area contributed by atoms with Gasteiger partial charge in [-0.15, -0.1) is 0 Å². The average Bonchev–Trinajstić information content (AvgIpc) is 2.78. The third-order valence-corrected chi connectivity index (χ3v) is 12.5. The summed E-state index contributed by atoms with van der Waals surface area (Å²) in [5, 5.41) is 0. The van der Waals surface area contributed by atoms with Gasteiger partial charge >= 0.3 is 11.9 Å². The minimum absolute atomic E-state index is 0.110. The van der Waals surface area contributed by atoms with Crippen LogP contribution in [-0.2, 0) is 23.9 Å². The SMILES string of the molecule is CC[C@@]1(C)CCC[C@]2(C)[C@H]3C[C@H](OC(C)=O)[C@]4(C)[C@@H](COC(C)=O)[C@H](C(C)=O)CC[C@H]4[C@]3(C)CC[C@@H]12. The molecule has 4 fully saturated rings. The monoisotopic (exact) mass is 502 g/mol. The van der Waals surface area contributed by atoms with Gasteiger partial charge in [-0.3, -0.25) is 14.4 Å². The normalized spacial score (nSPS) is 48.1. The van der Waals surface area contributed by atoms with Crippen LogP contribution in [0.25, 0.3) is 0 Å². The number of ether oxygens (including phenoxy) is 2. The summed E-state index contributed by atoms with van der Waals surface area (Å²) in [4.78, 5) is 37.2. The fraction of sp³-hybridized carbons (Fsp3) is 0.903. The summed E-state index contributed by atoms with van der Waals surface area (Å²) in [7, 11) is 0. The summed E-state index contributed by atoms with van der Waals surface area (Å²) in [5.41, 5.74) is 0.292. The first kappa shape index (κ1) is 27.6. The Morgan fingerprint density at radius 2 is 1.47 bits per heavy atom. The van der Waals surface area contributed by atoms with Crippen LogP contribution in [0.3, 0.4) is 0 Å². The van der Waals surface area contributed by atoms with Crippen LogP contribution in [0.4, 0.5) is 0 Å². The molecule has 0 aromatic rings. The molecular weight excluding hydrogens is 452 g/mol.